The molecule has 3 rings (SSSR count). The van der Waals surface area contributed by atoms with Gasteiger partial charge in [-0.1, -0.05) is 30.3 Å². The van der Waals surface area contributed by atoms with Gasteiger partial charge in [-0.3, -0.25) is 4.79 Å². The van der Waals surface area contributed by atoms with Crippen LogP contribution in [0.5, 0.6) is 11.5 Å². The maximum Gasteiger partial charge on any atom is 0.187 e. The molecule has 0 bridgehead atoms. The summed E-state index contributed by atoms with van der Waals surface area (Å²) in [6.45, 7) is 3.83. The number of carbonyl (C=O) groups excluding carboxylic acids is 1. The lowest BCUT2D eigenvalue weighted by molar-refractivity contribution is 0.0813. The fraction of sp³-hybridized carbons (Fsp3) is 0.211. The molecule has 118 valence electrons. The predicted octanol–water partition coefficient (Wildman–Crippen LogP) is 3.64. The van der Waals surface area contributed by atoms with Crippen molar-refractivity contribution in [3.8, 4) is 11.5 Å². The highest BCUT2D eigenvalue weighted by molar-refractivity contribution is 6.08. The normalized spacial score (nSPS) is 16.9. The minimum atomic E-state index is -0.609. The maximum atomic E-state index is 12.5. The number of nitrogens with one attached hydrogen (secondary N) is 1. The van der Waals surface area contributed by atoms with E-state index in [0.29, 0.717) is 11.3 Å². The molecule has 1 aliphatic heterocycles. The van der Waals surface area contributed by atoms with Crippen molar-refractivity contribution in [2.24, 2.45) is 0 Å². The molecule has 0 spiro atoms. The second-order valence-corrected chi connectivity index (χ2v) is 5.89. The Labute approximate surface area is 135 Å². The lowest BCUT2D eigenvalue weighted by atomic mass is 10.0. The number of allylic oxidation sites excluding steroid dienone is 1. The second kappa shape index (κ2) is 5.80. The lowest BCUT2D eigenvalue weighted by Gasteiger charge is -2.36. The zero-order valence-corrected chi connectivity index (χ0v) is 13.4. The fourth-order valence-corrected chi connectivity index (χ4v) is 2.56. The molecule has 4 heteroatoms. The summed E-state index contributed by atoms with van der Waals surface area (Å²) < 4.78 is 11.2. The zero-order valence-electron chi connectivity index (χ0n) is 13.4. The lowest BCUT2D eigenvalue weighted by Crippen LogP contribution is -2.46. The number of carbonyl (C=O) groups is 1. The van der Waals surface area contributed by atoms with Crippen molar-refractivity contribution in [2.45, 2.75) is 19.6 Å². The monoisotopic (exact) mass is 309 g/mol. The number of rotatable bonds is 3. The highest BCUT2D eigenvalue weighted by atomic mass is 16.5. The van der Waals surface area contributed by atoms with Crippen LogP contribution in [0.15, 0.2) is 54.6 Å². The summed E-state index contributed by atoms with van der Waals surface area (Å²) in [7, 11) is 1.61. The summed E-state index contributed by atoms with van der Waals surface area (Å²) in [6, 6.07) is 14.8. The third-order valence-corrected chi connectivity index (χ3v) is 3.61. The van der Waals surface area contributed by atoms with Crippen LogP contribution in [0.2, 0.25) is 0 Å². The van der Waals surface area contributed by atoms with E-state index in [-0.39, 0.29) is 5.78 Å². The SMILES string of the molecule is COc1ccc2c(c1)OC(C)(C)N/C2=C\C(=O)c1ccccc1. The number of fused-ring (bicyclic) bond motifs is 1. The summed E-state index contributed by atoms with van der Waals surface area (Å²) in [5.41, 5.74) is 1.63. The topological polar surface area (TPSA) is 47.6 Å². The van der Waals surface area contributed by atoms with Gasteiger partial charge >= 0.3 is 0 Å². The molecule has 0 amide bonds. The third kappa shape index (κ3) is 3.21. The fourth-order valence-electron chi connectivity index (χ4n) is 2.56. The molecule has 0 aliphatic carbocycles. The first-order valence-electron chi connectivity index (χ1n) is 7.45. The third-order valence-electron chi connectivity index (χ3n) is 3.61. The van der Waals surface area contributed by atoms with Gasteiger partial charge in [0.05, 0.1) is 12.8 Å². The molecular weight excluding hydrogens is 290 g/mol. The Morgan fingerprint density at radius 3 is 2.61 bits per heavy atom. The van der Waals surface area contributed by atoms with Gasteiger partial charge in [0.1, 0.15) is 11.5 Å². The van der Waals surface area contributed by atoms with Crippen LogP contribution in [0.25, 0.3) is 5.70 Å². The summed E-state index contributed by atoms with van der Waals surface area (Å²) in [6.07, 6.45) is 1.62. The van der Waals surface area contributed by atoms with E-state index >= 15 is 0 Å². The van der Waals surface area contributed by atoms with E-state index in [1.807, 2.05) is 50.2 Å². The van der Waals surface area contributed by atoms with E-state index in [4.69, 9.17) is 9.47 Å². The van der Waals surface area contributed by atoms with Crippen molar-refractivity contribution >= 4 is 11.5 Å². The standard InChI is InChI=1S/C19H19NO3/c1-19(2)20-16(12-17(21)13-7-5-4-6-8-13)15-10-9-14(22-3)11-18(15)23-19/h4-12,20H,1-3H3/b16-12-. The maximum absolute atomic E-state index is 12.5. The zero-order chi connectivity index (χ0) is 16.4. The van der Waals surface area contributed by atoms with Gasteiger partial charge < -0.3 is 14.8 Å². The first-order valence-corrected chi connectivity index (χ1v) is 7.45. The highest BCUT2D eigenvalue weighted by Crippen LogP contribution is 2.36. The van der Waals surface area contributed by atoms with Crippen molar-refractivity contribution in [3.63, 3.8) is 0 Å². The Morgan fingerprint density at radius 1 is 1.17 bits per heavy atom. The molecule has 0 atom stereocenters. The van der Waals surface area contributed by atoms with Gasteiger partial charge in [-0.2, -0.15) is 0 Å². The van der Waals surface area contributed by atoms with E-state index in [1.54, 1.807) is 25.3 Å². The molecule has 4 nitrogen and oxygen atoms in total. The highest BCUT2D eigenvalue weighted by Gasteiger charge is 2.29. The Morgan fingerprint density at radius 2 is 1.91 bits per heavy atom. The molecule has 1 aliphatic rings. The molecule has 0 radical (unpaired) electrons. The predicted molar refractivity (Wildman–Crippen MR) is 89.6 cm³/mol. The molecule has 0 aromatic heterocycles. The molecule has 23 heavy (non-hydrogen) atoms. The van der Waals surface area contributed by atoms with Crippen molar-refractivity contribution in [1.29, 1.82) is 0 Å². The van der Waals surface area contributed by atoms with Crippen LogP contribution in [0.3, 0.4) is 0 Å². The Kier molecular flexibility index (Phi) is 3.82. The van der Waals surface area contributed by atoms with Gasteiger partial charge in [-0.25, -0.2) is 0 Å². The average Bonchev–Trinajstić information content (AvgIpc) is 2.54. The Bertz CT molecular complexity index is 763. The summed E-state index contributed by atoms with van der Waals surface area (Å²) in [5, 5.41) is 3.26. The minimum Gasteiger partial charge on any atom is -0.497 e. The van der Waals surface area contributed by atoms with Crippen molar-refractivity contribution in [1.82, 2.24) is 5.32 Å². The largest absolute Gasteiger partial charge is 0.497 e. The van der Waals surface area contributed by atoms with Crippen molar-refractivity contribution in [2.75, 3.05) is 7.11 Å². The number of hydrogen-bond donors (Lipinski definition) is 1. The van der Waals surface area contributed by atoms with E-state index in [1.165, 1.54) is 0 Å². The molecule has 2 aromatic carbocycles. The van der Waals surface area contributed by atoms with Gasteiger partial charge in [0, 0.05) is 23.3 Å². The minimum absolute atomic E-state index is 0.0485. The molecule has 2 aromatic rings. The van der Waals surface area contributed by atoms with Gasteiger partial charge in [-0.15, -0.1) is 0 Å². The summed E-state index contributed by atoms with van der Waals surface area (Å²) in [5.74, 6) is 1.36. The van der Waals surface area contributed by atoms with Gasteiger partial charge in [0.25, 0.3) is 0 Å². The quantitative estimate of drug-likeness (QED) is 0.694. The van der Waals surface area contributed by atoms with Crippen LogP contribution in [0.4, 0.5) is 0 Å². The molecule has 0 unspecified atom stereocenters. The van der Waals surface area contributed by atoms with Gasteiger partial charge in [0.2, 0.25) is 0 Å². The van der Waals surface area contributed by atoms with Crippen LogP contribution >= 0.6 is 0 Å². The smallest absolute Gasteiger partial charge is 0.187 e. The number of hydrogen-bond acceptors (Lipinski definition) is 4. The van der Waals surface area contributed by atoms with Gasteiger partial charge in [0.15, 0.2) is 11.5 Å². The van der Waals surface area contributed by atoms with Crippen molar-refractivity contribution < 1.29 is 14.3 Å². The molecule has 0 saturated carbocycles. The van der Waals surface area contributed by atoms with Crippen LogP contribution < -0.4 is 14.8 Å². The van der Waals surface area contributed by atoms with Crippen LogP contribution in [-0.2, 0) is 0 Å². The van der Waals surface area contributed by atoms with Crippen LogP contribution in [0.1, 0.15) is 29.8 Å². The van der Waals surface area contributed by atoms with Crippen LogP contribution in [-0.4, -0.2) is 18.6 Å². The van der Waals surface area contributed by atoms with E-state index in [0.717, 1.165) is 17.0 Å². The number of benzene rings is 2. The molecule has 1 N–H and O–H groups in total. The number of methoxy groups -OCH3 is 1. The van der Waals surface area contributed by atoms with E-state index in [9.17, 15) is 4.79 Å². The Hall–Kier alpha value is -2.75. The number of ketones is 1. The Balaban J connectivity index is 2.03. The molecule has 1 heterocycles. The summed E-state index contributed by atoms with van der Waals surface area (Å²) >= 11 is 0. The molecular formula is C19H19NO3. The first kappa shape index (κ1) is 15.2. The second-order valence-electron chi connectivity index (χ2n) is 5.89. The van der Waals surface area contributed by atoms with Crippen LogP contribution in [0, 0.1) is 0 Å². The first-order chi connectivity index (χ1) is 11.0. The summed E-state index contributed by atoms with van der Waals surface area (Å²) in [4.78, 5) is 12.5. The number of ether oxygens (including phenoxy) is 2. The van der Waals surface area contributed by atoms with E-state index in [2.05, 4.69) is 5.32 Å². The molecule has 0 fully saturated rings. The molecule has 0 saturated heterocycles. The van der Waals surface area contributed by atoms with Gasteiger partial charge in [-0.05, 0) is 26.0 Å². The van der Waals surface area contributed by atoms with E-state index < -0.39 is 5.72 Å². The van der Waals surface area contributed by atoms with Crippen molar-refractivity contribution in [3.05, 3.63) is 65.7 Å². The average molecular weight is 309 g/mol.